The van der Waals surface area contributed by atoms with Crippen molar-refractivity contribution in [3.63, 3.8) is 0 Å². The molecule has 0 aliphatic carbocycles. The summed E-state index contributed by atoms with van der Waals surface area (Å²) in [5.74, 6) is 1.40. The van der Waals surface area contributed by atoms with Crippen LogP contribution in [0.25, 0.3) is 16.4 Å². The van der Waals surface area contributed by atoms with Gasteiger partial charge in [0.1, 0.15) is 12.1 Å². The lowest BCUT2D eigenvalue weighted by atomic mass is 10.2. The molecule has 0 aliphatic rings. The highest BCUT2D eigenvalue weighted by molar-refractivity contribution is 7.13. The normalized spacial score (nSPS) is 10.4. The van der Waals surface area contributed by atoms with E-state index in [-0.39, 0.29) is 12.4 Å². The molecule has 0 saturated carbocycles. The van der Waals surface area contributed by atoms with Crippen LogP contribution in [-0.2, 0) is 0 Å². The van der Waals surface area contributed by atoms with E-state index >= 15 is 0 Å². The van der Waals surface area contributed by atoms with Gasteiger partial charge in [-0.1, -0.05) is 17.7 Å². The van der Waals surface area contributed by atoms with Gasteiger partial charge in [-0.2, -0.15) is 4.98 Å². The maximum absolute atomic E-state index is 6.01. The number of anilines is 2. The first-order valence-corrected chi connectivity index (χ1v) is 8.86. The Morgan fingerprint density at radius 2 is 1.96 bits per heavy atom. The first-order valence-electron chi connectivity index (χ1n) is 7.61. The minimum Gasteiger partial charge on any atom is -0.329 e. The first-order chi connectivity index (χ1) is 12.2. The standard InChI is InChI=1S/C18H14ClN5S.ClH/c1-23(14-6-4-13(19)5-7-14)17-15(16-3-2-10-25-16)11-21-18(22-17)24-9-8-20-12-24;/h2-12H,1H3;1H. The molecule has 0 spiro atoms. The van der Waals surface area contributed by atoms with Gasteiger partial charge in [0, 0.05) is 41.2 Å². The summed E-state index contributed by atoms with van der Waals surface area (Å²) in [5.41, 5.74) is 1.98. The lowest BCUT2D eigenvalue weighted by molar-refractivity contribution is 0.918. The Morgan fingerprint density at radius 3 is 2.62 bits per heavy atom. The molecule has 0 N–H and O–H groups in total. The predicted octanol–water partition coefficient (Wildman–Crippen LogP) is 5.23. The molecule has 26 heavy (non-hydrogen) atoms. The van der Waals surface area contributed by atoms with Crippen molar-refractivity contribution in [2.24, 2.45) is 0 Å². The van der Waals surface area contributed by atoms with Gasteiger partial charge < -0.3 is 4.90 Å². The van der Waals surface area contributed by atoms with Crippen LogP contribution in [0.3, 0.4) is 0 Å². The molecule has 0 aliphatic heterocycles. The Kier molecular flexibility index (Phi) is 5.56. The van der Waals surface area contributed by atoms with E-state index < -0.39 is 0 Å². The Bertz CT molecular complexity index is 970. The molecule has 0 amide bonds. The van der Waals surface area contributed by atoms with Gasteiger partial charge in [0.25, 0.3) is 0 Å². The van der Waals surface area contributed by atoms with Crippen LogP contribution in [-0.4, -0.2) is 26.6 Å². The lowest BCUT2D eigenvalue weighted by Crippen LogP contribution is -2.14. The van der Waals surface area contributed by atoms with Crippen LogP contribution in [0.5, 0.6) is 0 Å². The highest BCUT2D eigenvalue weighted by Gasteiger charge is 2.16. The summed E-state index contributed by atoms with van der Waals surface area (Å²) in [6.45, 7) is 0. The highest BCUT2D eigenvalue weighted by atomic mass is 35.5. The second-order valence-electron chi connectivity index (χ2n) is 5.39. The number of nitrogens with zero attached hydrogens (tertiary/aromatic N) is 5. The van der Waals surface area contributed by atoms with Crippen LogP contribution in [0, 0.1) is 0 Å². The van der Waals surface area contributed by atoms with Gasteiger partial charge in [-0.25, -0.2) is 9.97 Å². The SMILES string of the molecule is CN(c1ccc(Cl)cc1)c1nc(-n2ccnc2)ncc1-c1cccs1.Cl. The Morgan fingerprint density at radius 1 is 1.15 bits per heavy atom. The zero-order valence-electron chi connectivity index (χ0n) is 13.8. The summed E-state index contributed by atoms with van der Waals surface area (Å²) in [6, 6.07) is 11.8. The molecule has 5 nitrogen and oxygen atoms in total. The van der Waals surface area contributed by atoms with Gasteiger partial charge in [0.05, 0.1) is 5.56 Å². The molecule has 0 atom stereocenters. The van der Waals surface area contributed by atoms with Crippen molar-refractivity contribution in [1.29, 1.82) is 0 Å². The fourth-order valence-corrected chi connectivity index (χ4v) is 3.37. The maximum atomic E-state index is 6.01. The molecule has 8 heteroatoms. The van der Waals surface area contributed by atoms with Crippen LogP contribution in [0.2, 0.25) is 5.02 Å². The van der Waals surface area contributed by atoms with Gasteiger partial charge in [-0.3, -0.25) is 4.57 Å². The summed E-state index contributed by atoms with van der Waals surface area (Å²) in [7, 11) is 1.99. The molecule has 3 heterocycles. The molecular formula is C18H15Cl2N5S. The Balaban J connectivity index is 0.00000196. The fourth-order valence-electron chi connectivity index (χ4n) is 2.51. The third-order valence-corrected chi connectivity index (χ3v) is 4.96. The average Bonchev–Trinajstić information content (AvgIpc) is 3.35. The highest BCUT2D eigenvalue weighted by Crippen LogP contribution is 2.35. The van der Waals surface area contributed by atoms with Gasteiger partial charge in [-0.05, 0) is 35.7 Å². The number of imidazole rings is 1. The second-order valence-corrected chi connectivity index (χ2v) is 6.77. The van der Waals surface area contributed by atoms with Gasteiger partial charge in [-0.15, -0.1) is 23.7 Å². The third kappa shape index (κ3) is 3.58. The smallest absolute Gasteiger partial charge is 0.236 e. The number of rotatable bonds is 4. The molecule has 4 rings (SSSR count). The topological polar surface area (TPSA) is 46.8 Å². The zero-order valence-corrected chi connectivity index (χ0v) is 16.2. The lowest BCUT2D eigenvalue weighted by Gasteiger charge is -2.21. The van der Waals surface area contributed by atoms with E-state index in [1.54, 1.807) is 28.4 Å². The summed E-state index contributed by atoms with van der Waals surface area (Å²) in [5, 5.41) is 2.75. The van der Waals surface area contributed by atoms with Crippen molar-refractivity contribution in [3.8, 4) is 16.4 Å². The van der Waals surface area contributed by atoms with Crippen molar-refractivity contribution in [1.82, 2.24) is 19.5 Å². The Labute approximate surface area is 166 Å². The average molecular weight is 404 g/mol. The van der Waals surface area contributed by atoms with Gasteiger partial charge >= 0.3 is 0 Å². The van der Waals surface area contributed by atoms with E-state index in [4.69, 9.17) is 16.6 Å². The van der Waals surface area contributed by atoms with Crippen molar-refractivity contribution in [2.75, 3.05) is 11.9 Å². The van der Waals surface area contributed by atoms with E-state index in [2.05, 4.69) is 16.0 Å². The number of hydrogen-bond donors (Lipinski definition) is 0. The minimum atomic E-state index is 0. The van der Waals surface area contributed by atoms with Crippen molar-refractivity contribution in [3.05, 3.63) is 71.7 Å². The predicted molar refractivity (Wildman–Crippen MR) is 109 cm³/mol. The molecule has 0 radical (unpaired) electrons. The first kappa shape index (κ1) is 18.4. The summed E-state index contributed by atoms with van der Waals surface area (Å²) < 4.78 is 1.79. The number of thiophene rings is 1. The summed E-state index contributed by atoms with van der Waals surface area (Å²) in [6.07, 6.45) is 7.08. The second kappa shape index (κ2) is 7.86. The van der Waals surface area contributed by atoms with Gasteiger partial charge in [0.15, 0.2) is 0 Å². The van der Waals surface area contributed by atoms with E-state index in [9.17, 15) is 0 Å². The van der Waals surface area contributed by atoms with Crippen molar-refractivity contribution >= 4 is 46.9 Å². The number of aromatic nitrogens is 4. The zero-order chi connectivity index (χ0) is 17.2. The third-order valence-electron chi connectivity index (χ3n) is 3.81. The molecule has 3 aromatic heterocycles. The monoisotopic (exact) mass is 403 g/mol. The van der Waals surface area contributed by atoms with Crippen LogP contribution in [0.4, 0.5) is 11.5 Å². The van der Waals surface area contributed by atoms with Crippen LogP contribution < -0.4 is 4.90 Å². The van der Waals surface area contributed by atoms with E-state index in [0.717, 1.165) is 21.9 Å². The van der Waals surface area contributed by atoms with Crippen LogP contribution >= 0.6 is 35.3 Å². The molecular weight excluding hydrogens is 389 g/mol. The van der Waals surface area contributed by atoms with E-state index in [1.165, 1.54) is 0 Å². The van der Waals surface area contributed by atoms with Gasteiger partial charge in [0.2, 0.25) is 5.95 Å². The number of hydrogen-bond acceptors (Lipinski definition) is 5. The quantitative estimate of drug-likeness (QED) is 0.467. The van der Waals surface area contributed by atoms with Crippen LogP contribution in [0.1, 0.15) is 0 Å². The molecule has 4 aromatic rings. The molecule has 0 unspecified atom stereocenters. The fraction of sp³-hybridized carbons (Fsp3) is 0.0556. The van der Waals surface area contributed by atoms with E-state index in [0.29, 0.717) is 11.0 Å². The summed E-state index contributed by atoms with van der Waals surface area (Å²) >= 11 is 7.68. The van der Waals surface area contributed by atoms with E-state index in [1.807, 2.05) is 60.1 Å². The largest absolute Gasteiger partial charge is 0.329 e. The Hall–Kier alpha value is -2.41. The molecule has 0 fully saturated rings. The maximum Gasteiger partial charge on any atom is 0.236 e. The number of halogens is 2. The molecule has 0 saturated heterocycles. The summed E-state index contributed by atoms with van der Waals surface area (Å²) in [4.78, 5) is 16.5. The van der Waals surface area contributed by atoms with Crippen molar-refractivity contribution < 1.29 is 0 Å². The number of benzene rings is 1. The van der Waals surface area contributed by atoms with Crippen molar-refractivity contribution in [2.45, 2.75) is 0 Å². The molecule has 1 aromatic carbocycles. The van der Waals surface area contributed by atoms with Crippen LogP contribution in [0.15, 0.2) is 66.7 Å². The molecule has 0 bridgehead atoms. The molecule has 132 valence electrons. The minimum absolute atomic E-state index is 0.